The standard InChI is InChI=1S/C18H19FN2O6S/c1-12-4-7-14(10-16(12)19)20-17(22)11-27-18(23)13-5-8-15(9-6-13)28(24,25)21(2)26-3/h4-10H,11H2,1-3H3,(H,20,22). The predicted octanol–water partition coefficient (Wildman–Crippen LogP) is 2.11. The lowest BCUT2D eigenvalue weighted by molar-refractivity contribution is -0.119. The molecule has 0 aromatic heterocycles. The minimum absolute atomic E-state index is 0.0631. The SMILES string of the molecule is CON(C)S(=O)(=O)c1ccc(C(=O)OCC(=O)Nc2ccc(C)c(F)c2)cc1. The number of nitrogens with one attached hydrogen (secondary N) is 1. The molecule has 0 radical (unpaired) electrons. The van der Waals surface area contributed by atoms with Crippen molar-refractivity contribution < 1.29 is 32.0 Å². The maximum absolute atomic E-state index is 13.5. The molecular weight excluding hydrogens is 391 g/mol. The van der Waals surface area contributed by atoms with Gasteiger partial charge in [0.15, 0.2) is 6.61 Å². The van der Waals surface area contributed by atoms with Crippen LogP contribution in [0.3, 0.4) is 0 Å². The van der Waals surface area contributed by atoms with Crippen molar-refractivity contribution in [2.45, 2.75) is 11.8 Å². The minimum atomic E-state index is -3.83. The van der Waals surface area contributed by atoms with E-state index in [-0.39, 0.29) is 16.1 Å². The fourth-order valence-corrected chi connectivity index (χ4v) is 3.06. The van der Waals surface area contributed by atoms with E-state index in [0.717, 1.165) is 6.07 Å². The number of esters is 1. The molecule has 1 N–H and O–H groups in total. The number of aryl methyl sites for hydroxylation is 1. The number of benzene rings is 2. The van der Waals surface area contributed by atoms with Crippen molar-refractivity contribution >= 4 is 27.6 Å². The first-order chi connectivity index (χ1) is 13.1. The molecule has 0 unspecified atom stereocenters. The van der Waals surface area contributed by atoms with Crippen LogP contribution in [0.1, 0.15) is 15.9 Å². The Bertz CT molecular complexity index is 976. The molecule has 0 aliphatic heterocycles. The van der Waals surface area contributed by atoms with Crippen molar-refractivity contribution in [2.24, 2.45) is 0 Å². The van der Waals surface area contributed by atoms with E-state index in [4.69, 9.17) is 4.74 Å². The summed E-state index contributed by atoms with van der Waals surface area (Å²) in [5, 5.41) is 2.41. The summed E-state index contributed by atoms with van der Waals surface area (Å²) in [4.78, 5) is 28.4. The molecule has 0 saturated carbocycles. The normalized spacial score (nSPS) is 11.3. The van der Waals surface area contributed by atoms with Crippen molar-refractivity contribution in [3.63, 3.8) is 0 Å². The van der Waals surface area contributed by atoms with Crippen LogP contribution >= 0.6 is 0 Å². The number of carbonyl (C=O) groups is 2. The van der Waals surface area contributed by atoms with Gasteiger partial charge in [-0.1, -0.05) is 10.5 Å². The van der Waals surface area contributed by atoms with Crippen LogP contribution in [0.15, 0.2) is 47.4 Å². The lowest BCUT2D eigenvalue weighted by Crippen LogP contribution is -2.25. The summed E-state index contributed by atoms with van der Waals surface area (Å²) in [6.07, 6.45) is 0. The highest BCUT2D eigenvalue weighted by Crippen LogP contribution is 2.16. The molecule has 2 aromatic rings. The van der Waals surface area contributed by atoms with Crippen molar-refractivity contribution in [2.75, 3.05) is 26.1 Å². The summed E-state index contributed by atoms with van der Waals surface area (Å²) in [6.45, 7) is 1.01. The number of halogens is 1. The number of hydrogen-bond acceptors (Lipinski definition) is 6. The van der Waals surface area contributed by atoms with Crippen LogP contribution in [0.5, 0.6) is 0 Å². The van der Waals surface area contributed by atoms with E-state index in [2.05, 4.69) is 10.2 Å². The van der Waals surface area contributed by atoms with E-state index < -0.39 is 34.3 Å². The summed E-state index contributed by atoms with van der Waals surface area (Å²) in [5.41, 5.74) is 0.737. The highest BCUT2D eigenvalue weighted by molar-refractivity contribution is 7.89. The third-order valence-electron chi connectivity index (χ3n) is 3.77. The van der Waals surface area contributed by atoms with E-state index in [1.165, 1.54) is 50.6 Å². The highest BCUT2D eigenvalue weighted by Gasteiger charge is 2.21. The van der Waals surface area contributed by atoms with Gasteiger partial charge in [-0.05, 0) is 48.9 Å². The zero-order valence-electron chi connectivity index (χ0n) is 15.4. The molecular formula is C18H19FN2O6S. The Kier molecular flexibility index (Phi) is 6.84. The van der Waals surface area contributed by atoms with Gasteiger partial charge in [-0.3, -0.25) is 9.63 Å². The Balaban J connectivity index is 1.95. The summed E-state index contributed by atoms with van der Waals surface area (Å²) in [5.74, 6) is -1.92. The molecule has 0 bridgehead atoms. The molecule has 0 aliphatic carbocycles. The molecule has 10 heteroatoms. The van der Waals surface area contributed by atoms with Crippen LogP contribution in [0, 0.1) is 12.7 Å². The third-order valence-corrected chi connectivity index (χ3v) is 5.47. The fraction of sp³-hybridized carbons (Fsp3) is 0.222. The van der Waals surface area contributed by atoms with Gasteiger partial charge in [-0.2, -0.15) is 0 Å². The van der Waals surface area contributed by atoms with Crippen molar-refractivity contribution in [1.29, 1.82) is 0 Å². The number of amides is 1. The Hall–Kier alpha value is -2.82. The number of hydroxylamine groups is 1. The van der Waals surface area contributed by atoms with Gasteiger partial charge in [0, 0.05) is 12.7 Å². The highest BCUT2D eigenvalue weighted by atomic mass is 32.2. The zero-order valence-corrected chi connectivity index (χ0v) is 16.2. The zero-order chi connectivity index (χ0) is 20.9. The molecule has 2 rings (SSSR count). The fourth-order valence-electron chi connectivity index (χ4n) is 2.09. The summed E-state index contributed by atoms with van der Waals surface area (Å²) < 4.78 is 43.2. The van der Waals surface area contributed by atoms with E-state index in [1.54, 1.807) is 6.92 Å². The molecule has 0 saturated heterocycles. The van der Waals surface area contributed by atoms with E-state index >= 15 is 0 Å². The predicted molar refractivity (Wildman–Crippen MR) is 98.4 cm³/mol. The van der Waals surface area contributed by atoms with Gasteiger partial charge >= 0.3 is 5.97 Å². The molecule has 0 atom stereocenters. The van der Waals surface area contributed by atoms with Gasteiger partial charge in [0.05, 0.1) is 17.6 Å². The lowest BCUT2D eigenvalue weighted by Gasteiger charge is -2.14. The van der Waals surface area contributed by atoms with Crippen LogP contribution in [0.4, 0.5) is 10.1 Å². The number of carbonyl (C=O) groups excluding carboxylic acids is 2. The summed E-state index contributed by atoms with van der Waals surface area (Å²) in [6, 6.07) is 9.14. The Labute approximate surface area is 161 Å². The molecule has 1 amide bonds. The second-order valence-electron chi connectivity index (χ2n) is 5.71. The maximum atomic E-state index is 13.5. The number of nitrogens with zero attached hydrogens (tertiary/aromatic N) is 1. The van der Waals surface area contributed by atoms with Crippen molar-refractivity contribution in [3.8, 4) is 0 Å². The van der Waals surface area contributed by atoms with Crippen LogP contribution in [0.2, 0.25) is 0 Å². The minimum Gasteiger partial charge on any atom is -0.452 e. The summed E-state index contributed by atoms with van der Waals surface area (Å²) in [7, 11) is -1.39. The molecule has 2 aromatic carbocycles. The first-order valence-electron chi connectivity index (χ1n) is 8.01. The second-order valence-corrected chi connectivity index (χ2v) is 7.65. The molecule has 0 fully saturated rings. The molecule has 0 aliphatic rings. The van der Waals surface area contributed by atoms with Crippen LogP contribution in [-0.2, 0) is 24.4 Å². The Morgan fingerprint density at radius 1 is 1.14 bits per heavy atom. The van der Waals surface area contributed by atoms with Crippen molar-refractivity contribution in [1.82, 2.24) is 4.47 Å². The number of rotatable bonds is 7. The van der Waals surface area contributed by atoms with Gasteiger partial charge in [-0.25, -0.2) is 17.6 Å². The Morgan fingerprint density at radius 2 is 1.79 bits per heavy atom. The number of anilines is 1. The van der Waals surface area contributed by atoms with Gasteiger partial charge in [0.25, 0.3) is 15.9 Å². The molecule has 0 heterocycles. The Morgan fingerprint density at radius 3 is 2.36 bits per heavy atom. The lowest BCUT2D eigenvalue weighted by atomic mass is 10.2. The van der Waals surface area contributed by atoms with Gasteiger partial charge in [0.1, 0.15) is 5.82 Å². The number of ether oxygens (including phenoxy) is 1. The monoisotopic (exact) mass is 410 g/mol. The quantitative estimate of drug-likeness (QED) is 0.554. The average molecular weight is 410 g/mol. The molecule has 8 nitrogen and oxygen atoms in total. The van der Waals surface area contributed by atoms with Crippen LogP contribution in [0.25, 0.3) is 0 Å². The summed E-state index contributed by atoms with van der Waals surface area (Å²) >= 11 is 0. The smallest absolute Gasteiger partial charge is 0.338 e. The molecule has 150 valence electrons. The van der Waals surface area contributed by atoms with Gasteiger partial charge in [-0.15, -0.1) is 0 Å². The van der Waals surface area contributed by atoms with Crippen LogP contribution in [-0.4, -0.2) is 45.5 Å². The van der Waals surface area contributed by atoms with E-state index in [0.29, 0.717) is 10.0 Å². The second kappa shape index (κ2) is 8.91. The molecule has 0 spiro atoms. The molecule has 28 heavy (non-hydrogen) atoms. The number of hydrogen-bond donors (Lipinski definition) is 1. The number of sulfonamides is 1. The topological polar surface area (TPSA) is 102 Å². The van der Waals surface area contributed by atoms with Gasteiger partial charge in [0.2, 0.25) is 0 Å². The van der Waals surface area contributed by atoms with Gasteiger partial charge < -0.3 is 10.1 Å². The first kappa shape index (κ1) is 21.5. The maximum Gasteiger partial charge on any atom is 0.338 e. The van der Waals surface area contributed by atoms with E-state index in [1.807, 2.05) is 0 Å². The average Bonchev–Trinajstić information content (AvgIpc) is 2.68. The van der Waals surface area contributed by atoms with Crippen LogP contribution < -0.4 is 5.32 Å². The first-order valence-corrected chi connectivity index (χ1v) is 9.45. The largest absolute Gasteiger partial charge is 0.452 e. The van der Waals surface area contributed by atoms with Crippen molar-refractivity contribution in [3.05, 3.63) is 59.4 Å². The van der Waals surface area contributed by atoms with E-state index in [9.17, 15) is 22.4 Å². The third kappa shape index (κ3) is 5.12.